The van der Waals surface area contributed by atoms with E-state index in [1.807, 2.05) is 35.4 Å². The van der Waals surface area contributed by atoms with Gasteiger partial charge in [0.15, 0.2) is 0 Å². The molecule has 0 saturated heterocycles. The summed E-state index contributed by atoms with van der Waals surface area (Å²) in [5.41, 5.74) is 3.27. The topological polar surface area (TPSA) is 75.9 Å². The van der Waals surface area contributed by atoms with Crippen LogP contribution in [0.15, 0.2) is 61.4 Å². The second-order valence-electron chi connectivity index (χ2n) is 7.17. The highest BCUT2D eigenvalue weighted by Gasteiger charge is 2.36. The summed E-state index contributed by atoms with van der Waals surface area (Å²) >= 11 is 0. The Morgan fingerprint density at radius 3 is 2.64 bits per heavy atom. The molecule has 144 valence electrons. The summed E-state index contributed by atoms with van der Waals surface area (Å²) in [6.45, 7) is 3.25. The van der Waals surface area contributed by atoms with Gasteiger partial charge in [-0.15, -0.1) is 0 Å². The van der Waals surface area contributed by atoms with E-state index in [4.69, 9.17) is 0 Å². The maximum absolute atomic E-state index is 12.9. The lowest BCUT2D eigenvalue weighted by Crippen LogP contribution is -2.42. The Morgan fingerprint density at radius 2 is 2.00 bits per heavy atom. The molecule has 2 aromatic heterocycles. The summed E-state index contributed by atoms with van der Waals surface area (Å²) in [7, 11) is 0. The van der Waals surface area contributed by atoms with Crippen LogP contribution in [-0.4, -0.2) is 36.7 Å². The van der Waals surface area contributed by atoms with E-state index in [0.717, 1.165) is 29.5 Å². The third-order valence-corrected chi connectivity index (χ3v) is 5.04. The van der Waals surface area contributed by atoms with Crippen LogP contribution in [0.2, 0.25) is 0 Å². The lowest BCUT2D eigenvalue weighted by molar-refractivity contribution is 0.174. The maximum Gasteiger partial charge on any atom is 0.318 e. The van der Waals surface area contributed by atoms with Crippen LogP contribution in [0.25, 0.3) is 0 Å². The van der Waals surface area contributed by atoms with Gasteiger partial charge in [0.1, 0.15) is 12.7 Å². The van der Waals surface area contributed by atoms with E-state index in [2.05, 4.69) is 39.4 Å². The number of nitrogens with one attached hydrogen (secondary N) is 1. The van der Waals surface area contributed by atoms with Gasteiger partial charge in [0.2, 0.25) is 0 Å². The fourth-order valence-corrected chi connectivity index (χ4v) is 3.33. The lowest BCUT2D eigenvalue weighted by atomic mass is 10.1. The van der Waals surface area contributed by atoms with Gasteiger partial charge in [0.25, 0.3) is 0 Å². The number of aromatic nitrogens is 4. The monoisotopic (exact) mass is 376 g/mol. The molecule has 0 bridgehead atoms. The summed E-state index contributed by atoms with van der Waals surface area (Å²) in [6, 6.07) is 12.4. The third kappa shape index (κ3) is 4.36. The number of hydrogen-bond acceptors (Lipinski definition) is 4. The van der Waals surface area contributed by atoms with Crippen LogP contribution < -0.4 is 5.32 Å². The van der Waals surface area contributed by atoms with E-state index in [9.17, 15) is 4.79 Å². The first kappa shape index (κ1) is 18.2. The van der Waals surface area contributed by atoms with Gasteiger partial charge in [-0.05, 0) is 42.5 Å². The molecule has 1 N–H and O–H groups in total. The van der Waals surface area contributed by atoms with Gasteiger partial charge in [-0.1, -0.05) is 30.3 Å². The molecule has 7 nitrogen and oxygen atoms in total. The van der Waals surface area contributed by atoms with Crippen molar-refractivity contribution in [3.8, 4) is 0 Å². The number of nitrogens with zero attached hydrogens (tertiary/aromatic N) is 5. The molecule has 2 amide bonds. The predicted octanol–water partition coefficient (Wildman–Crippen LogP) is 3.16. The molecule has 1 aliphatic carbocycles. The smallest absolute Gasteiger partial charge is 0.318 e. The SMILES string of the molecule is C[C@@H](c1cccnc1)N(C(=O)NCc1ccc(Cn2cncn2)cc1)C1CC1. The molecule has 2 heterocycles. The zero-order valence-electron chi connectivity index (χ0n) is 15.9. The first-order valence-corrected chi connectivity index (χ1v) is 9.57. The standard InChI is InChI=1S/C21H24N6O/c1-16(19-3-2-10-22-12-19)27(20-8-9-20)21(28)24-11-17-4-6-18(7-5-17)13-26-15-23-14-25-26/h2-7,10,12,14-16,20H,8-9,11,13H2,1H3,(H,24,28)/t16-/m0/s1. The summed E-state index contributed by atoms with van der Waals surface area (Å²) < 4.78 is 1.78. The van der Waals surface area contributed by atoms with Crippen molar-refractivity contribution in [2.24, 2.45) is 0 Å². The number of carbonyl (C=O) groups excluding carboxylic acids is 1. The summed E-state index contributed by atoms with van der Waals surface area (Å²) in [5.74, 6) is 0. The van der Waals surface area contributed by atoms with E-state index in [0.29, 0.717) is 19.1 Å². The van der Waals surface area contributed by atoms with Crippen LogP contribution in [-0.2, 0) is 13.1 Å². The van der Waals surface area contributed by atoms with Crippen LogP contribution in [0.4, 0.5) is 4.79 Å². The molecule has 1 aromatic carbocycles. The van der Waals surface area contributed by atoms with E-state index in [-0.39, 0.29) is 12.1 Å². The molecule has 1 aliphatic rings. The van der Waals surface area contributed by atoms with Gasteiger partial charge in [-0.25, -0.2) is 14.5 Å². The molecule has 4 rings (SSSR count). The molecule has 3 aromatic rings. The van der Waals surface area contributed by atoms with Crippen LogP contribution in [0.1, 0.15) is 42.5 Å². The van der Waals surface area contributed by atoms with Crippen molar-refractivity contribution in [1.82, 2.24) is 30.0 Å². The fraction of sp³-hybridized carbons (Fsp3) is 0.333. The van der Waals surface area contributed by atoms with Gasteiger partial charge in [-0.3, -0.25) is 4.98 Å². The molecule has 0 spiro atoms. The van der Waals surface area contributed by atoms with Crippen LogP contribution >= 0.6 is 0 Å². The van der Waals surface area contributed by atoms with Gasteiger partial charge in [0.05, 0.1) is 12.6 Å². The third-order valence-electron chi connectivity index (χ3n) is 5.04. The molecule has 7 heteroatoms. The molecular weight excluding hydrogens is 352 g/mol. The quantitative estimate of drug-likeness (QED) is 0.687. The summed E-state index contributed by atoms with van der Waals surface area (Å²) in [4.78, 5) is 23.0. The second-order valence-corrected chi connectivity index (χ2v) is 7.17. The van der Waals surface area contributed by atoms with Crippen LogP contribution in [0.5, 0.6) is 0 Å². The Labute approximate surface area is 164 Å². The van der Waals surface area contributed by atoms with Crippen LogP contribution in [0, 0.1) is 0 Å². The number of pyridine rings is 1. The molecule has 0 unspecified atom stereocenters. The zero-order chi connectivity index (χ0) is 19.3. The van der Waals surface area contributed by atoms with Gasteiger partial charge >= 0.3 is 6.03 Å². The number of benzene rings is 1. The molecule has 1 saturated carbocycles. The normalized spacial score (nSPS) is 14.5. The minimum Gasteiger partial charge on any atom is -0.334 e. The molecule has 28 heavy (non-hydrogen) atoms. The minimum atomic E-state index is -0.0226. The van der Waals surface area contributed by atoms with Gasteiger partial charge in [-0.2, -0.15) is 5.10 Å². The fourth-order valence-electron chi connectivity index (χ4n) is 3.33. The van der Waals surface area contributed by atoms with Crippen molar-refractivity contribution in [3.63, 3.8) is 0 Å². The average molecular weight is 376 g/mol. The van der Waals surface area contributed by atoms with Crippen molar-refractivity contribution >= 4 is 6.03 Å². The van der Waals surface area contributed by atoms with Crippen molar-refractivity contribution < 1.29 is 4.79 Å². The van der Waals surface area contributed by atoms with Crippen LogP contribution in [0.3, 0.4) is 0 Å². The Kier molecular flexibility index (Phi) is 5.32. The van der Waals surface area contributed by atoms with E-state index < -0.39 is 0 Å². The van der Waals surface area contributed by atoms with Crippen molar-refractivity contribution in [3.05, 3.63) is 78.1 Å². The van der Waals surface area contributed by atoms with E-state index in [1.54, 1.807) is 17.2 Å². The zero-order valence-corrected chi connectivity index (χ0v) is 15.9. The molecule has 0 aliphatic heterocycles. The summed E-state index contributed by atoms with van der Waals surface area (Å²) in [6.07, 6.45) is 8.95. The maximum atomic E-state index is 12.9. The molecule has 1 fully saturated rings. The molecule has 0 radical (unpaired) electrons. The van der Waals surface area contributed by atoms with Crippen molar-refractivity contribution in [2.75, 3.05) is 0 Å². The number of urea groups is 1. The van der Waals surface area contributed by atoms with E-state index in [1.165, 1.54) is 6.33 Å². The minimum absolute atomic E-state index is 0.00579. The number of carbonyl (C=O) groups is 1. The molecule has 1 atom stereocenters. The Hall–Kier alpha value is -3.22. The Morgan fingerprint density at radius 1 is 1.21 bits per heavy atom. The average Bonchev–Trinajstić information content (AvgIpc) is 3.43. The largest absolute Gasteiger partial charge is 0.334 e. The number of amides is 2. The predicted molar refractivity (Wildman–Crippen MR) is 105 cm³/mol. The Balaban J connectivity index is 1.36. The number of hydrogen-bond donors (Lipinski definition) is 1. The van der Waals surface area contributed by atoms with Crippen molar-refractivity contribution in [2.45, 2.75) is 44.9 Å². The highest BCUT2D eigenvalue weighted by Crippen LogP contribution is 2.34. The molecular formula is C21H24N6O. The Bertz CT molecular complexity index is 890. The van der Waals surface area contributed by atoms with Gasteiger partial charge in [0, 0.05) is 25.0 Å². The first-order valence-electron chi connectivity index (χ1n) is 9.57. The van der Waals surface area contributed by atoms with E-state index >= 15 is 0 Å². The number of rotatable bonds is 7. The van der Waals surface area contributed by atoms with Crippen molar-refractivity contribution in [1.29, 1.82) is 0 Å². The first-order chi connectivity index (χ1) is 13.7. The highest BCUT2D eigenvalue weighted by molar-refractivity contribution is 5.75. The lowest BCUT2D eigenvalue weighted by Gasteiger charge is -2.29. The summed E-state index contributed by atoms with van der Waals surface area (Å²) in [5, 5.41) is 7.19. The second kappa shape index (κ2) is 8.21. The highest BCUT2D eigenvalue weighted by atomic mass is 16.2. The van der Waals surface area contributed by atoms with Gasteiger partial charge < -0.3 is 10.2 Å².